The van der Waals surface area contributed by atoms with Crippen molar-refractivity contribution in [1.82, 2.24) is 9.97 Å². The van der Waals surface area contributed by atoms with Crippen LogP contribution in [-0.2, 0) is 0 Å². The van der Waals surface area contributed by atoms with Gasteiger partial charge in [-0.3, -0.25) is 9.97 Å². The van der Waals surface area contributed by atoms with Crippen molar-refractivity contribution in [2.24, 2.45) is 0 Å². The molecule has 0 unspecified atom stereocenters. The molecule has 1 aromatic heterocycles. The highest BCUT2D eigenvalue weighted by molar-refractivity contribution is 9.10. The zero-order valence-corrected chi connectivity index (χ0v) is 21.2. The first kappa shape index (κ1) is 23.8. The Kier molecular flexibility index (Phi) is 8.30. The van der Waals surface area contributed by atoms with E-state index in [1.165, 1.54) is 0 Å². The van der Waals surface area contributed by atoms with Gasteiger partial charge < -0.3 is 18.9 Å². The third-order valence-electron chi connectivity index (χ3n) is 4.57. The van der Waals surface area contributed by atoms with Gasteiger partial charge in [0.05, 0.1) is 61.2 Å². The quantitative estimate of drug-likeness (QED) is 0.318. The lowest BCUT2D eigenvalue weighted by Crippen LogP contribution is -1.92. The number of halogens is 2. The zero-order valence-electron chi connectivity index (χ0n) is 18.1. The van der Waals surface area contributed by atoms with Crippen LogP contribution in [0.2, 0.25) is 0 Å². The smallest absolute Gasteiger partial charge is 0.133 e. The molecule has 0 aliphatic rings. The van der Waals surface area contributed by atoms with E-state index in [0.717, 1.165) is 43.1 Å². The number of nitrogens with zero attached hydrogens (tertiary/aromatic N) is 2. The molecule has 0 saturated heterocycles. The average Bonchev–Trinajstić information content (AvgIpc) is 2.82. The van der Waals surface area contributed by atoms with Crippen LogP contribution in [0, 0.1) is 0 Å². The molecule has 0 N–H and O–H groups in total. The molecule has 166 valence electrons. The molecule has 0 aliphatic heterocycles. The highest BCUT2D eigenvalue weighted by Gasteiger charge is 2.09. The average molecular weight is 562 g/mol. The van der Waals surface area contributed by atoms with Crippen molar-refractivity contribution in [1.29, 1.82) is 0 Å². The van der Waals surface area contributed by atoms with Crippen LogP contribution in [0.1, 0.15) is 22.5 Å². The molecule has 0 radical (unpaired) electrons. The third-order valence-corrected chi connectivity index (χ3v) is 5.81. The minimum absolute atomic E-state index is 0.717. The van der Waals surface area contributed by atoms with Crippen LogP contribution >= 0.6 is 31.9 Å². The van der Waals surface area contributed by atoms with Crippen LogP contribution in [0.5, 0.6) is 23.0 Å². The third kappa shape index (κ3) is 5.69. The predicted octanol–water partition coefficient (Wildman–Crippen LogP) is 6.38. The highest BCUT2D eigenvalue weighted by Crippen LogP contribution is 2.34. The summed E-state index contributed by atoms with van der Waals surface area (Å²) in [6, 6.07) is 7.51. The van der Waals surface area contributed by atoms with Crippen molar-refractivity contribution in [3.8, 4) is 23.0 Å². The number of hydrogen-bond acceptors (Lipinski definition) is 6. The summed E-state index contributed by atoms with van der Waals surface area (Å²) in [6.45, 7) is 0. The van der Waals surface area contributed by atoms with Gasteiger partial charge in [-0.05, 0) is 80.4 Å². The molecule has 0 fully saturated rings. The molecule has 8 heteroatoms. The van der Waals surface area contributed by atoms with Gasteiger partial charge >= 0.3 is 0 Å². The molecule has 3 aromatic rings. The second-order valence-corrected chi connectivity index (χ2v) is 8.20. The fourth-order valence-electron chi connectivity index (χ4n) is 2.90. The molecule has 2 aromatic carbocycles. The van der Waals surface area contributed by atoms with Gasteiger partial charge in [0, 0.05) is 11.1 Å². The summed E-state index contributed by atoms with van der Waals surface area (Å²) in [5.74, 6) is 2.88. The van der Waals surface area contributed by atoms with Crippen molar-refractivity contribution in [3.63, 3.8) is 0 Å². The van der Waals surface area contributed by atoms with Crippen LogP contribution in [0.3, 0.4) is 0 Å². The van der Waals surface area contributed by atoms with E-state index >= 15 is 0 Å². The number of aromatic nitrogens is 2. The Morgan fingerprint density at radius 1 is 0.562 bits per heavy atom. The maximum Gasteiger partial charge on any atom is 0.133 e. The zero-order chi connectivity index (χ0) is 23.1. The molecule has 0 amide bonds. The Balaban J connectivity index is 1.79. The lowest BCUT2D eigenvalue weighted by molar-refractivity contribution is 0.400. The van der Waals surface area contributed by atoms with Crippen molar-refractivity contribution >= 4 is 56.2 Å². The Labute approximate surface area is 204 Å². The van der Waals surface area contributed by atoms with Crippen molar-refractivity contribution in [2.75, 3.05) is 28.4 Å². The summed E-state index contributed by atoms with van der Waals surface area (Å²) in [5, 5.41) is 0. The minimum atomic E-state index is 0.717. The van der Waals surface area contributed by atoms with Crippen molar-refractivity contribution in [2.45, 2.75) is 0 Å². The van der Waals surface area contributed by atoms with Crippen LogP contribution in [0.4, 0.5) is 0 Å². The SMILES string of the molecule is COc1cc(/C=C/c2cnc(/C=C/c3cc(OC)c(Br)cc3OC)cn2)c(OC)cc1Br. The summed E-state index contributed by atoms with van der Waals surface area (Å²) in [5.41, 5.74) is 3.17. The normalized spacial score (nSPS) is 11.2. The van der Waals surface area contributed by atoms with Gasteiger partial charge in [-0.2, -0.15) is 0 Å². The van der Waals surface area contributed by atoms with E-state index in [9.17, 15) is 0 Å². The van der Waals surface area contributed by atoms with Crippen LogP contribution < -0.4 is 18.9 Å². The second kappa shape index (κ2) is 11.2. The molecule has 6 nitrogen and oxygen atoms in total. The monoisotopic (exact) mass is 560 g/mol. The molecule has 0 saturated carbocycles. The molecule has 0 atom stereocenters. The predicted molar refractivity (Wildman–Crippen MR) is 134 cm³/mol. The molecule has 0 bridgehead atoms. The first-order valence-electron chi connectivity index (χ1n) is 9.50. The maximum atomic E-state index is 5.45. The number of benzene rings is 2. The van der Waals surface area contributed by atoms with Gasteiger partial charge in [-0.25, -0.2) is 0 Å². The number of hydrogen-bond donors (Lipinski definition) is 0. The Bertz CT molecular complexity index is 1060. The highest BCUT2D eigenvalue weighted by atomic mass is 79.9. The maximum absolute atomic E-state index is 5.45. The Morgan fingerprint density at radius 3 is 1.25 bits per heavy atom. The van der Waals surface area contributed by atoms with E-state index in [4.69, 9.17) is 18.9 Å². The first-order chi connectivity index (χ1) is 15.5. The van der Waals surface area contributed by atoms with Crippen LogP contribution in [0.25, 0.3) is 24.3 Å². The first-order valence-corrected chi connectivity index (χ1v) is 11.1. The largest absolute Gasteiger partial charge is 0.496 e. The fourth-order valence-corrected chi connectivity index (χ4v) is 3.87. The van der Waals surface area contributed by atoms with E-state index < -0.39 is 0 Å². The molecule has 3 rings (SSSR count). The van der Waals surface area contributed by atoms with Crippen LogP contribution in [-0.4, -0.2) is 38.4 Å². The van der Waals surface area contributed by atoms with Crippen LogP contribution in [0.15, 0.2) is 45.6 Å². The number of rotatable bonds is 8. The van der Waals surface area contributed by atoms with Gasteiger partial charge in [-0.15, -0.1) is 0 Å². The van der Waals surface area contributed by atoms with Crippen molar-refractivity contribution < 1.29 is 18.9 Å². The standard InChI is InChI=1S/C24H22Br2N2O4/c1-29-21-11-19(25)23(31-3)9-15(21)5-7-17-13-28-18(14-27-17)8-6-16-10-24(32-4)20(26)12-22(16)30-2/h5-14H,1-4H3/b7-5+,8-6+. The summed E-state index contributed by atoms with van der Waals surface area (Å²) >= 11 is 6.93. The van der Waals surface area contributed by atoms with Gasteiger partial charge in [0.15, 0.2) is 0 Å². The lowest BCUT2D eigenvalue weighted by atomic mass is 10.1. The molecular formula is C24H22Br2N2O4. The molecule has 0 spiro atoms. The van der Waals surface area contributed by atoms with Gasteiger partial charge in [0.25, 0.3) is 0 Å². The molecule has 1 heterocycles. The van der Waals surface area contributed by atoms with Gasteiger partial charge in [0.2, 0.25) is 0 Å². The molecule has 0 aliphatic carbocycles. The van der Waals surface area contributed by atoms with E-state index in [0.29, 0.717) is 11.4 Å². The van der Waals surface area contributed by atoms with Crippen molar-refractivity contribution in [3.05, 3.63) is 68.1 Å². The molecule has 32 heavy (non-hydrogen) atoms. The summed E-state index contributed by atoms with van der Waals surface area (Å²) < 4.78 is 23.3. The summed E-state index contributed by atoms with van der Waals surface area (Å²) in [4.78, 5) is 8.93. The molecular weight excluding hydrogens is 540 g/mol. The minimum Gasteiger partial charge on any atom is -0.496 e. The van der Waals surface area contributed by atoms with Gasteiger partial charge in [0.1, 0.15) is 23.0 Å². The summed E-state index contributed by atoms with van der Waals surface area (Å²) in [7, 11) is 6.50. The topological polar surface area (TPSA) is 62.7 Å². The van der Waals surface area contributed by atoms with E-state index in [2.05, 4.69) is 41.8 Å². The van der Waals surface area contributed by atoms with Gasteiger partial charge in [-0.1, -0.05) is 0 Å². The summed E-state index contributed by atoms with van der Waals surface area (Å²) in [6.07, 6.45) is 11.0. The number of ether oxygens (including phenoxy) is 4. The number of methoxy groups -OCH3 is 4. The fraction of sp³-hybridized carbons (Fsp3) is 0.167. The Hall–Kier alpha value is -2.84. The van der Waals surface area contributed by atoms with E-state index in [1.54, 1.807) is 40.8 Å². The lowest BCUT2D eigenvalue weighted by Gasteiger charge is -2.09. The Morgan fingerprint density at radius 2 is 0.938 bits per heavy atom. The van der Waals surface area contributed by atoms with E-state index in [-0.39, 0.29) is 0 Å². The second-order valence-electron chi connectivity index (χ2n) is 6.49. The van der Waals surface area contributed by atoms with E-state index in [1.807, 2.05) is 48.6 Å².